The summed E-state index contributed by atoms with van der Waals surface area (Å²) >= 11 is -2.27. The second-order valence-electron chi connectivity index (χ2n) is 17.9. The fourth-order valence-corrected chi connectivity index (χ4v) is 31.7. The van der Waals surface area contributed by atoms with Gasteiger partial charge in [0.1, 0.15) is 0 Å². The van der Waals surface area contributed by atoms with Gasteiger partial charge in [-0.25, -0.2) is 0 Å². The smallest absolute Gasteiger partial charge is 0.0238 e. The first-order valence-corrected chi connectivity index (χ1v) is 31.8. The van der Waals surface area contributed by atoms with Crippen LogP contribution in [0.3, 0.4) is 0 Å². The number of hydrogen-bond acceptors (Lipinski definition) is 0. The number of fused-ring (bicyclic) bond motifs is 8. The molecule has 0 spiro atoms. The van der Waals surface area contributed by atoms with E-state index in [0.717, 1.165) is 12.8 Å². The minimum Gasteiger partial charge on any atom is -0.0622 e. The van der Waals surface area contributed by atoms with Gasteiger partial charge in [-0.1, -0.05) is 60.7 Å². The molecule has 0 bridgehead atoms. The molecule has 2 heterocycles. The van der Waals surface area contributed by atoms with Gasteiger partial charge in [0, 0.05) is 0 Å². The molecule has 310 valence electrons. The van der Waals surface area contributed by atoms with Crippen molar-refractivity contribution >= 4 is 61.2 Å². The molecule has 0 saturated carbocycles. The summed E-state index contributed by atoms with van der Waals surface area (Å²) in [6, 6.07) is 71.2. The van der Waals surface area contributed by atoms with Crippen LogP contribution in [-0.2, 0) is 33.2 Å². The number of benzene rings is 8. The second-order valence-corrected chi connectivity index (χ2v) is 35.7. The maximum absolute atomic E-state index is 2.63. The summed E-state index contributed by atoms with van der Waals surface area (Å²) < 4.78 is 6.19. The van der Waals surface area contributed by atoms with Crippen LogP contribution in [0.4, 0.5) is 0 Å². The Labute approximate surface area is 385 Å². The third kappa shape index (κ3) is 7.03. The van der Waals surface area contributed by atoms with E-state index in [1.54, 1.807) is 22.3 Å². The molecule has 0 aliphatic heterocycles. The summed E-state index contributed by atoms with van der Waals surface area (Å²) in [6.45, 7) is 10.1. The number of para-hydroxylation sites is 4. The Kier molecular flexibility index (Phi) is 10.9. The zero-order valence-electron chi connectivity index (χ0n) is 37.1. The Bertz CT molecular complexity index is 3160. The summed E-state index contributed by atoms with van der Waals surface area (Å²) in [5.74, 6) is 0. The third-order valence-corrected chi connectivity index (χ3v) is 33.7. The van der Waals surface area contributed by atoms with Crippen LogP contribution in [0.5, 0.6) is 0 Å². The first-order chi connectivity index (χ1) is 31.5. The van der Waals surface area contributed by atoms with Crippen molar-refractivity contribution < 1.29 is 20.4 Å². The average molecular weight is 920 g/mol. The molecule has 8 aromatic carbocycles. The number of hydrogen-bond donors (Lipinski definition) is 0. The quantitative estimate of drug-likeness (QED) is 0.141. The van der Waals surface area contributed by atoms with E-state index < -0.39 is 25.8 Å². The van der Waals surface area contributed by atoms with Crippen LogP contribution in [0.15, 0.2) is 205 Å². The molecule has 2 unspecified atom stereocenters. The molecule has 2 nitrogen and oxygen atoms in total. The van der Waals surface area contributed by atoms with Crippen molar-refractivity contribution in [3.63, 3.8) is 0 Å². The SMILES string of the molecule is CC1=Cc2c(cccc2-n2c3ccccc3c3ccccc32)[CH]1[Zr]([CH]1C(C)=Cc2c1cccc2-n1c2ccccc2c2ccccc21)=[Si](C)C.c1ccc(CCc2ccccc2)cc1. The summed E-state index contributed by atoms with van der Waals surface area (Å²) in [5, 5.41) is 5.29. The van der Waals surface area contributed by atoms with E-state index in [2.05, 4.69) is 242 Å². The van der Waals surface area contributed by atoms with Crippen molar-refractivity contribution in [1.82, 2.24) is 9.13 Å². The Balaban J connectivity index is 0.000000278. The fourth-order valence-electron chi connectivity index (χ4n) is 11.0. The first kappa shape index (κ1) is 40.7. The molecule has 0 fully saturated rings. The number of aromatic nitrogens is 2. The van der Waals surface area contributed by atoms with Gasteiger partial charge >= 0.3 is 303 Å². The van der Waals surface area contributed by atoms with Crippen LogP contribution < -0.4 is 0 Å². The van der Waals surface area contributed by atoms with Crippen molar-refractivity contribution in [2.75, 3.05) is 0 Å². The van der Waals surface area contributed by atoms with Gasteiger partial charge in [0.15, 0.2) is 0 Å². The molecule has 2 atom stereocenters. The number of allylic oxidation sites excluding steroid dienone is 2. The van der Waals surface area contributed by atoms with E-state index in [9.17, 15) is 0 Å². The third-order valence-electron chi connectivity index (χ3n) is 13.7. The molecular formula is C60H52N2SiZr. The van der Waals surface area contributed by atoms with Crippen molar-refractivity contribution in [2.24, 2.45) is 0 Å². The molecule has 0 saturated heterocycles. The summed E-state index contributed by atoms with van der Waals surface area (Å²) in [6.07, 6.45) is 7.39. The van der Waals surface area contributed by atoms with Crippen molar-refractivity contribution in [2.45, 2.75) is 47.0 Å². The number of rotatable bonds is 7. The largest absolute Gasteiger partial charge is 0.0622 e. The molecule has 0 radical (unpaired) electrons. The van der Waals surface area contributed by atoms with Crippen LogP contribution in [0.1, 0.15) is 54.5 Å². The second kappa shape index (κ2) is 17.1. The number of nitrogens with zero attached hydrogens (tertiary/aromatic N) is 2. The van der Waals surface area contributed by atoms with Gasteiger partial charge in [0.2, 0.25) is 0 Å². The van der Waals surface area contributed by atoms with Gasteiger partial charge < -0.3 is 0 Å². The van der Waals surface area contributed by atoms with Crippen LogP contribution in [-0.4, -0.2) is 14.6 Å². The van der Waals surface area contributed by atoms with Crippen LogP contribution in [0.2, 0.25) is 13.1 Å². The Hall–Kier alpha value is -6.06. The molecule has 2 aliphatic rings. The van der Waals surface area contributed by atoms with E-state index in [4.69, 9.17) is 0 Å². The molecule has 4 heteroatoms. The summed E-state index contributed by atoms with van der Waals surface area (Å²) in [5.41, 5.74) is 19.2. The van der Waals surface area contributed by atoms with Crippen LogP contribution >= 0.6 is 0 Å². The fraction of sp³-hybridized carbons (Fsp3) is 0.133. The number of aryl methyl sites for hydroxylation is 2. The van der Waals surface area contributed by atoms with Crippen LogP contribution in [0, 0.1) is 0 Å². The van der Waals surface area contributed by atoms with Gasteiger partial charge in [-0.3, -0.25) is 0 Å². The van der Waals surface area contributed by atoms with Gasteiger partial charge in [0.25, 0.3) is 0 Å². The monoisotopic (exact) mass is 918 g/mol. The molecule has 12 rings (SSSR count). The van der Waals surface area contributed by atoms with Gasteiger partial charge in [-0.15, -0.1) is 0 Å². The molecule has 2 aromatic heterocycles. The van der Waals surface area contributed by atoms with Gasteiger partial charge in [-0.2, -0.15) is 0 Å². The van der Waals surface area contributed by atoms with E-state index in [1.807, 2.05) is 0 Å². The van der Waals surface area contributed by atoms with Gasteiger partial charge in [-0.05, 0) is 24.0 Å². The van der Waals surface area contributed by atoms with Crippen molar-refractivity contribution in [3.05, 3.63) is 239 Å². The van der Waals surface area contributed by atoms with Crippen molar-refractivity contribution in [3.8, 4) is 11.4 Å². The van der Waals surface area contributed by atoms with E-state index in [0.29, 0.717) is 7.25 Å². The maximum Gasteiger partial charge on any atom is -0.0238 e. The van der Waals surface area contributed by atoms with E-state index >= 15 is 0 Å². The Morgan fingerprint density at radius 2 is 0.719 bits per heavy atom. The average Bonchev–Trinajstić information content (AvgIpc) is 4.06. The molecule has 64 heavy (non-hydrogen) atoms. The predicted octanol–water partition coefficient (Wildman–Crippen LogP) is 15.8. The Morgan fingerprint density at radius 3 is 1.06 bits per heavy atom. The topological polar surface area (TPSA) is 9.86 Å². The predicted molar refractivity (Wildman–Crippen MR) is 272 cm³/mol. The molecule has 10 aromatic rings. The molecule has 2 aliphatic carbocycles. The van der Waals surface area contributed by atoms with E-state index in [-0.39, 0.29) is 0 Å². The van der Waals surface area contributed by atoms with Crippen LogP contribution in [0.25, 0.3) is 67.1 Å². The summed E-state index contributed by atoms with van der Waals surface area (Å²) in [7, 11) is 0. The minimum absolute atomic E-state index is 0.555. The zero-order chi connectivity index (χ0) is 43.3. The molecule has 0 amide bonds. The summed E-state index contributed by atoms with van der Waals surface area (Å²) in [4.78, 5) is 0. The zero-order valence-corrected chi connectivity index (χ0v) is 40.6. The van der Waals surface area contributed by atoms with Gasteiger partial charge in [0.05, 0.1) is 0 Å². The standard InChI is InChI=1S/2C22H16N.C14H14.C2H6Si.Zr/c2*1-15-13-16-7-6-12-22(19(16)14-15)23-20-10-4-2-8-17(20)18-9-3-5-11-21(18)23;1-3-7-13(8-4-1)11-12-14-9-5-2-6-10-14;1-3-2;/h2*2-14H,1H3;1-10H,11-12H2;1-2H3;. The van der Waals surface area contributed by atoms with Crippen molar-refractivity contribution in [1.29, 1.82) is 0 Å². The molecular weight excluding hydrogens is 868 g/mol. The minimum atomic E-state index is -2.27. The molecule has 0 N–H and O–H groups in total. The normalized spacial score (nSPS) is 15.2. The van der Waals surface area contributed by atoms with E-state index in [1.165, 1.54) is 77.2 Å². The Morgan fingerprint density at radius 1 is 0.391 bits per heavy atom. The first-order valence-electron chi connectivity index (χ1n) is 22.8. The maximum atomic E-state index is 2.63.